The van der Waals surface area contributed by atoms with Gasteiger partial charge < -0.3 is 122 Å². The SMILES string of the molecule is CC[C@H](C)[C@@H]1NC(=O)[C@H](Cc2ccc(O)cc2)NC(=O)[C@H](CCC(=O)O)NC(=O)[C@H]([C@@H](C)CC)NC(=O)[C@H](CCC(=O)O)NC(=O)[C@H](CC(=O)O)NC(=O)[C@@H]2CCCN2C(=O)[C@H](Cc2ccc(O)cc2)NC(=O)[C@H](CCC(=O)O)NC(=O)[C@H](CCC(N)=O)NC(=O)[C@@H](NC(C)=O)CCCCNC(=O)CC[C@@H](C(=O)N[C@@H](CCCCN)C(N)=O)NC1=O. The van der Waals surface area contributed by atoms with Gasteiger partial charge in [-0.25, -0.2) is 0 Å². The first-order valence-electron chi connectivity index (χ1n) is 40.0. The smallest absolute Gasteiger partial charge is 0.305 e. The van der Waals surface area contributed by atoms with E-state index >= 15 is 4.79 Å². The molecular weight excluding hydrogens is 1590 g/mol. The molecule has 43 heteroatoms. The van der Waals surface area contributed by atoms with Crippen LogP contribution in [0, 0.1) is 11.8 Å². The molecule has 121 heavy (non-hydrogen) atoms. The van der Waals surface area contributed by atoms with Crippen LogP contribution in [0.3, 0.4) is 0 Å². The molecule has 0 aromatic heterocycles. The maximum atomic E-state index is 15.1. The number of phenolic OH excluding ortho intramolecular Hbond substituents is 2. The Kier molecular flexibility index (Phi) is 42.5. The number of rotatable bonds is 30. The van der Waals surface area contributed by atoms with Crippen LogP contribution in [0.4, 0.5) is 0 Å². The van der Waals surface area contributed by atoms with E-state index in [0.717, 1.165) is 11.8 Å². The quantitative estimate of drug-likeness (QED) is 0.0330. The highest BCUT2D eigenvalue weighted by molar-refractivity contribution is 6.01. The fraction of sp³-hybridized carbons (Fsp3) is 0.590. The average molecular weight is 1710 g/mol. The van der Waals surface area contributed by atoms with E-state index in [9.17, 15) is 122 Å². The van der Waals surface area contributed by atoms with Crippen LogP contribution in [0.25, 0.3) is 0 Å². The monoisotopic (exact) mass is 1710 g/mol. The molecule has 0 bridgehead atoms. The fourth-order valence-electron chi connectivity index (χ4n) is 13.2. The van der Waals surface area contributed by atoms with Crippen molar-refractivity contribution in [1.82, 2.24) is 74.0 Å². The highest BCUT2D eigenvalue weighted by atomic mass is 16.4. The number of carbonyl (C=O) groups excluding carboxylic acids is 16. The molecule has 2 aliphatic rings. The summed E-state index contributed by atoms with van der Waals surface area (Å²) in [6.07, 6.45) is -8.27. The van der Waals surface area contributed by atoms with E-state index in [1.165, 1.54) is 62.4 Å². The summed E-state index contributed by atoms with van der Waals surface area (Å²) < 4.78 is 0. The second-order valence-corrected chi connectivity index (χ2v) is 29.9. The number of nitrogens with two attached hydrogens (primary N) is 3. The molecule has 4 rings (SSSR count). The van der Waals surface area contributed by atoms with Gasteiger partial charge in [0.1, 0.15) is 90.0 Å². The third kappa shape index (κ3) is 35.5. The van der Waals surface area contributed by atoms with Crippen molar-refractivity contribution in [2.24, 2.45) is 29.0 Å². The maximum Gasteiger partial charge on any atom is 0.305 e. The van der Waals surface area contributed by atoms with E-state index in [1.54, 1.807) is 13.8 Å². The Morgan fingerprint density at radius 3 is 1.38 bits per heavy atom. The third-order valence-electron chi connectivity index (χ3n) is 20.4. The summed E-state index contributed by atoms with van der Waals surface area (Å²) in [4.78, 5) is 277. The Morgan fingerprint density at radius 2 is 0.917 bits per heavy atom. The van der Waals surface area contributed by atoms with E-state index < -0.39 is 292 Å². The summed E-state index contributed by atoms with van der Waals surface area (Å²) in [5.74, 6) is -25.8. The number of phenols is 2. The fourth-order valence-corrected chi connectivity index (χ4v) is 13.2. The summed E-state index contributed by atoms with van der Waals surface area (Å²) in [5, 5.41) is 92.2. The zero-order valence-electron chi connectivity index (χ0n) is 68.2. The molecule has 2 aromatic rings. The number of aromatic hydroxyl groups is 2. The molecule has 2 aliphatic heterocycles. The van der Waals surface area contributed by atoms with Gasteiger partial charge >= 0.3 is 23.9 Å². The molecule has 668 valence electrons. The lowest BCUT2D eigenvalue weighted by Gasteiger charge is -2.31. The van der Waals surface area contributed by atoms with Gasteiger partial charge in [-0.2, -0.15) is 0 Å². The van der Waals surface area contributed by atoms with Crippen LogP contribution in [0.15, 0.2) is 48.5 Å². The zero-order valence-corrected chi connectivity index (χ0v) is 68.2. The molecule has 2 aromatic carbocycles. The molecule has 0 radical (unpaired) electrons. The van der Waals surface area contributed by atoms with Gasteiger partial charge in [-0.3, -0.25) is 95.9 Å². The van der Waals surface area contributed by atoms with Gasteiger partial charge in [0.05, 0.1) is 6.42 Å². The molecule has 16 amide bonds. The lowest BCUT2D eigenvalue weighted by Crippen LogP contribution is -2.62. The number of carboxylic acid groups (broad SMARTS) is 4. The number of fused-ring (bicyclic) bond motifs is 1. The number of nitrogens with zero attached hydrogens (tertiary/aromatic N) is 1. The molecule has 0 aliphatic carbocycles. The van der Waals surface area contributed by atoms with Crippen LogP contribution in [0.2, 0.25) is 0 Å². The second-order valence-electron chi connectivity index (χ2n) is 29.9. The van der Waals surface area contributed by atoms with Gasteiger partial charge in [-0.15, -0.1) is 0 Å². The maximum absolute atomic E-state index is 15.1. The van der Waals surface area contributed by atoms with Crippen molar-refractivity contribution < 1.29 is 127 Å². The first-order chi connectivity index (χ1) is 57.1. The Balaban J connectivity index is 1.93. The summed E-state index contributed by atoms with van der Waals surface area (Å²) >= 11 is 0. The first kappa shape index (κ1) is 101. The molecule has 0 saturated carbocycles. The van der Waals surface area contributed by atoms with Gasteiger partial charge in [0, 0.05) is 65.0 Å². The minimum Gasteiger partial charge on any atom is -0.508 e. The summed E-state index contributed by atoms with van der Waals surface area (Å²) in [7, 11) is 0. The Morgan fingerprint density at radius 1 is 0.488 bits per heavy atom. The van der Waals surface area contributed by atoms with Crippen molar-refractivity contribution in [3.63, 3.8) is 0 Å². The molecule has 25 N–H and O–H groups in total. The van der Waals surface area contributed by atoms with E-state index in [1.807, 2.05) is 0 Å². The lowest BCUT2D eigenvalue weighted by molar-refractivity contribution is -0.144. The second kappa shape index (κ2) is 51.0. The van der Waals surface area contributed by atoms with E-state index in [0.29, 0.717) is 12.8 Å². The number of carboxylic acids is 4. The number of unbranched alkanes of at least 4 members (excludes halogenated alkanes) is 1. The van der Waals surface area contributed by atoms with Crippen molar-refractivity contribution in [2.45, 2.75) is 261 Å². The molecule has 2 saturated heterocycles. The van der Waals surface area contributed by atoms with Crippen LogP contribution in [-0.4, -0.2) is 252 Å². The zero-order chi connectivity index (χ0) is 90.3. The predicted octanol–water partition coefficient (Wildman–Crippen LogP) is -4.17. The van der Waals surface area contributed by atoms with Crippen LogP contribution >= 0.6 is 0 Å². The lowest BCUT2D eigenvalue weighted by atomic mass is 9.96. The van der Waals surface area contributed by atoms with Gasteiger partial charge in [0.15, 0.2) is 0 Å². The van der Waals surface area contributed by atoms with Crippen LogP contribution < -0.4 is 86.3 Å². The average Bonchev–Trinajstić information content (AvgIpc) is 1.72. The molecule has 0 spiro atoms. The van der Waals surface area contributed by atoms with Gasteiger partial charge in [-0.1, -0.05) is 64.8 Å². The highest BCUT2D eigenvalue weighted by Crippen LogP contribution is 2.23. The number of carbonyl (C=O) groups is 20. The van der Waals surface area contributed by atoms with Gasteiger partial charge in [0.25, 0.3) is 0 Å². The molecular formula is C78H115N17O26. The van der Waals surface area contributed by atoms with Crippen molar-refractivity contribution >= 4 is 118 Å². The molecule has 15 atom stereocenters. The van der Waals surface area contributed by atoms with E-state index in [2.05, 4.69) is 69.1 Å². The number of aliphatic carboxylic acids is 4. The number of primary amides is 2. The Hall–Kier alpha value is -12.6. The number of benzene rings is 2. The Bertz CT molecular complexity index is 4000. The van der Waals surface area contributed by atoms with Gasteiger partial charge in [-0.05, 0) is 137 Å². The first-order valence-corrected chi connectivity index (χ1v) is 40.0. The van der Waals surface area contributed by atoms with E-state index in [-0.39, 0.29) is 93.6 Å². The third-order valence-corrected chi connectivity index (χ3v) is 20.4. The van der Waals surface area contributed by atoms with Gasteiger partial charge in [0.2, 0.25) is 94.5 Å². The number of nitrogens with one attached hydrogen (secondary N) is 13. The summed E-state index contributed by atoms with van der Waals surface area (Å²) in [6.45, 7) is 7.10. The molecule has 43 nitrogen and oxygen atoms in total. The number of hydrogen-bond acceptors (Lipinski definition) is 23. The largest absolute Gasteiger partial charge is 0.508 e. The standard InChI is InChI=1S/C78H115N17O26/c1-6-40(3)64-76(119)89-52(27-32-61(103)104)70(113)90-54(37-43-16-20-45(97)21-17-43)74(117)94-65(41(4)7-2)77(120)88-50(68(111)84-47(66(81)109)13-8-10-34-79)25-30-59(100)82-35-11-9-14-48(83-42(5)96)67(110)85-49(24-29-58(80)99)69(112)86-51(26-31-60(101)102)71(114)92-56(38-44-18-22-46(98)23-19-44)78(121)95-36-12-15-57(95)75(118)91-55(39-63(107)108)73(116)87-53(72(115)93-64)28-33-62(105)106/h16-23,40-41,47-57,64-65,97-98H,6-15,24-39,79H2,1-5H3,(H2,80,99)(H2,81,109)(H,82,100)(H,83,96)(H,84,111)(H,85,110)(H,86,112)(H,87,116)(H,88,120)(H,89,119)(H,90,113)(H,91,118)(H,92,114)(H,93,115)(H,94,117)(H,101,102)(H,103,104)(H,105,106)(H,107,108)/t40-,41-,47-,48-,49-,50-,51-,52-,53-,54-,55-,56-,57-,64-,65-/m0/s1. The predicted molar refractivity (Wildman–Crippen MR) is 426 cm³/mol. The number of amides is 16. The molecule has 0 unspecified atom stereocenters. The topological polar surface area (TPSA) is 700 Å². The van der Waals surface area contributed by atoms with Crippen molar-refractivity contribution in [3.8, 4) is 11.5 Å². The molecule has 2 fully saturated rings. The van der Waals surface area contributed by atoms with Crippen LogP contribution in [0.1, 0.15) is 181 Å². The molecule has 2 heterocycles. The van der Waals surface area contributed by atoms with Crippen molar-refractivity contribution in [2.75, 3.05) is 19.6 Å². The Labute approximate surface area is 696 Å². The minimum absolute atomic E-state index is 0.00241. The van der Waals surface area contributed by atoms with Crippen molar-refractivity contribution in [3.05, 3.63) is 59.7 Å². The van der Waals surface area contributed by atoms with Crippen LogP contribution in [-0.2, 0) is 109 Å². The van der Waals surface area contributed by atoms with E-state index in [4.69, 9.17) is 17.2 Å². The minimum atomic E-state index is -2.15. The van der Waals surface area contributed by atoms with Crippen LogP contribution in [0.5, 0.6) is 11.5 Å². The summed E-state index contributed by atoms with van der Waals surface area (Å²) in [5.41, 5.74) is 17.4. The number of hydrogen-bond donors (Lipinski definition) is 22. The van der Waals surface area contributed by atoms with Crippen molar-refractivity contribution in [1.29, 1.82) is 0 Å². The normalized spacial score (nSPS) is 23.9. The highest BCUT2D eigenvalue weighted by Gasteiger charge is 2.43. The summed E-state index contributed by atoms with van der Waals surface area (Å²) in [6, 6.07) is -12.2.